The third-order valence-corrected chi connectivity index (χ3v) is 6.79. The Morgan fingerprint density at radius 2 is 1.88 bits per heavy atom. The second-order valence-electron chi connectivity index (χ2n) is 7.04. The fraction of sp³-hybridized carbons (Fsp3) is 0.125. The van der Waals surface area contributed by atoms with E-state index in [0.717, 1.165) is 27.5 Å². The number of thioether (sulfide) groups is 1. The average molecular weight is 590 g/mol. The fourth-order valence-corrected chi connectivity index (χ4v) is 4.83. The highest BCUT2D eigenvalue weighted by molar-refractivity contribution is 9.10. The van der Waals surface area contributed by atoms with Gasteiger partial charge in [-0.05, 0) is 81.3 Å². The van der Waals surface area contributed by atoms with Gasteiger partial charge in [-0.3, -0.25) is 19.5 Å². The highest BCUT2D eigenvalue weighted by atomic mass is 79.9. The van der Waals surface area contributed by atoms with Crippen molar-refractivity contribution in [1.82, 2.24) is 9.88 Å². The Labute approximate surface area is 212 Å². The number of hydrogen-bond acceptors (Lipinski definition) is 6. The topological polar surface area (TPSA) is 68.7 Å². The van der Waals surface area contributed by atoms with Gasteiger partial charge in [0.1, 0.15) is 6.61 Å². The van der Waals surface area contributed by atoms with E-state index in [1.165, 1.54) is 4.90 Å². The molecule has 0 radical (unpaired) electrons. The first-order chi connectivity index (χ1) is 15.9. The molecule has 4 rings (SSSR count). The summed E-state index contributed by atoms with van der Waals surface area (Å²) in [5.74, 6) is 0.711. The predicted octanol–water partition coefficient (Wildman–Crippen LogP) is 6.43. The number of methoxy groups -OCH3 is 1. The highest BCUT2D eigenvalue weighted by Gasteiger charge is 2.35. The van der Waals surface area contributed by atoms with E-state index in [-0.39, 0.29) is 24.3 Å². The molecule has 2 aromatic carbocycles. The molecular formula is C24H18Br2N2O4S. The zero-order chi connectivity index (χ0) is 23.4. The Kier molecular flexibility index (Phi) is 7.52. The third kappa shape index (κ3) is 5.66. The first-order valence-electron chi connectivity index (χ1n) is 9.84. The van der Waals surface area contributed by atoms with Crippen LogP contribution in [0, 0.1) is 0 Å². The molecule has 33 heavy (non-hydrogen) atoms. The maximum atomic E-state index is 12.9. The molecule has 0 aliphatic carbocycles. The summed E-state index contributed by atoms with van der Waals surface area (Å²) in [6.45, 7) is 0.507. The van der Waals surface area contributed by atoms with Crippen LogP contribution in [0.5, 0.6) is 11.5 Å². The van der Waals surface area contributed by atoms with Crippen molar-refractivity contribution in [3.63, 3.8) is 0 Å². The quantitative estimate of drug-likeness (QED) is 0.296. The summed E-state index contributed by atoms with van der Waals surface area (Å²) in [6.07, 6.45) is 3.39. The van der Waals surface area contributed by atoms with Crippen LogP contribution >= 0.6 is 43.6 Å². The number of aromatic nitrogens is 1. The fourth-order valence-electron chi connectivity index (χ4n) is 3.15. The Morgan fingerprint density at radius 3 is 2.58 bits per heavy atom. The minimum Gasteiger partial charge on any atom is -0.493 e. The molecule has 0 N–H and O–H groups in total. The zero-order valence-electron chi connectivity index (χ0n) is 17.5. The average Bonchev–Trinajstić information content (AvgIpc) is 3.07. The van der Waals surface area contributed by atoms with Crippen molar-refractivity contribution in [2.75, 3.05) is 7.11 Å². The van der Waals surface area contributed by atoms with Crippen LogP contribution in [0.15, 0.2) is 74.6 Å². The molecule has 1 fully saturated rings. The molecule has 1 aliphatic rings. The normalized spacial score (nSPS) is 14.8. The number of rotatable bonds is 7. The van der Waals surface area contributed by atoms with E-state index < -0.39 is 0 Å². The smallest absolute Gasteiger partial charge is 0.293 e. The lowest BCUT2D eigenvalue weighted by molar-refractivity contribution is -0.123. The molecule has 0 spiro atoms. The number of carbonyl (C=O) groups excluding carboxylic acids is 2. The van der Waals surface area contributed by atoms with E-state index in [0.29, 0.717) is 26.4 Å². The lowest BCUT2D eigenvalue weighted by Crippen LogP contribution is -2.27. The lowest BCUT2D eigenvalue weighted by atomic mass is 10.1. The lowest BCUT2D eigenvalue weighted by Gasteiger charge is -2.14. The molecular weight excluding hydrogens is 572 g/mol. The predicted molar refractivity (Wildman–Crippen MR) is 135 cm³/mol. The maximum Gasteiger partial charge on any atom is 0.293 e. The van der Waals surface area contributed by atoms with Crippen LogP contribution in [0.3, 0.4) is 0 Å². The van der Waals surface area contributed by atoms with E-state index in [4.69, 9.17) is 9.47 Å². The molecule has 1 aliphatic heterocycles. The molecule has 168 valence electrons. The number of hydrogen-bond donors (Lipinski definition) is 0. The number of halogens is 2. The SMILES string of the molecule is COc1cc(/C=C2/SC(=O)N(Cc3ccc(Br)cc3)C2=O)cc(Br)c1OCc1ccccn1. The van der Waals surface area contributed by atoms with Gasteiger partial charge in [-0.15, -0.1) is 0 Å². The molecule has 0 bridgehead atoms. The minimum atomic E-state index is -0.321. The second-order valence-corrected chi connectivity index (χ2v) is 9.80. The molecule has 2 heterocycles. The molecule has 2 amide bonds. The molecule has 6 nitrogen and oxygen atoms in total. The highest BCUT2D eigenvalue weighted by Crippen LogP contribution is 2.39. The van der Waals surface area contributed by atoms with E-state index in [9.17, 15) is 9.59 Å². The van der Waals surface area contributed by atoms with Crippen LogP contribution in [0.4, 0.5) is 4.79 Å². The first-order valence-corrected chi connectivity index (χ1v) is 12.2. The van der Waals surface area contributed by atoms with Crippen LogP contribution in [0.2, 0.25) is 0 Å². The Balaban J connectivity index is 1.53. The summed E-state index contributed by atoms with van der Waals surface area (Å²) in [5.41, 5.74) is 2.37. The summed E-state index contributed by atoms with van der Waals surface area (Å²) in [7, 11) is 1.55. The molecule has 9 heteroatoms. The van der Waals surface area contributed by atoms with Crippen molar-refractivity contribution in [2.24, 2.45) is 0 Å². The molecule has 1 saturated heterocycles. The number of ether oxygens (including phenoxy) is 2. The van der Waals surface area contributed by atoms with Gasteiger partial charge in [0.05, 0.1) is 28.7 Å². The van der Waals surface area contributed by atoms with Crippen molar-refractivity contribution in [3.05, 3.63) is 91.5 Å². The van der Waals surface area contributed by atoms with Gasteiger partial charge in [0.25, 0.3) is 11.1 Å². The van der Waals surface area contributed by atoms with Crippen molar-refractivity contribution >= 4 is 60.8 Å². The first kappa shape index (κ1) is 23.5. The van der Waals surface area contributed by atoms with Gasteiger partial charge in [-0.2, -0.15) is 0 Å². The van der Waals surface area contributed by atoms with Crippen molar-refractivity contribution in [1.29, 1.82) is 0 Å². The van der Waals surface area contributed by atoms with Gasteiger partial charge in [0, 0.05) is 10.7 Å². The number of pyridine rings is 1. The number of imide groups is 1. The standard InChI is InChI=1S/C24H18Br2N2O4S/c1-31-20-11-16(10-19(26)22(20)32-14-18-4-2-3-9-27-18)12-21-23(29)28(24(30)33-21)13-15-5-7-17(25)8-6-15/h2-12H,13-14H2,1H3/b21-12+. The molecule has 1 aromatic heterocycles. The summed E-state index contributed by atoms with van der Waals surface area (Å²) in [5, 5.41) is -0.296. The van der Waals surface area contributed by atoms with Crippen molar-refractivity contribution in [2.45, 2.75) is 13.2 Å². The Bertz CT molecular complexity index is 1220. The van der Waals surface area contributed by atoms with E-state index in [1.54, 1.807) is 25.4 Å². The third-order valence-electron chi connectivity index (χ3n) is 4.77. The largest absolute Gasteiger partial charge is 0.493 e. The summed E-state index contributed by atoms with van der Waals surface area (Å²) in [4.78, 5) is 31.2. The zero-order valence-corrected chi connectivity index (χ0v) is 21.4. The van der Waals surface area contributed by atoms with Crippen LogP contribution in [-0.4, -0.2) is 28.1 Å². The molecule has 3 aromatic rings. The monoisotopic (exact) mass is 588 g/mol. The molecule has 0 atom stereocenters. The van der Waals surface area contributed by atoms with Gasteiger partial charge < -0.3 is 9.47 Å². The van der Waals surface area contributed by atoms with E-state index in [2.05, 4.69) is 36.8 Å². The van der Waals surface area contributed by atoms with Gasteiger partial charge in [0.2, 0.25) is 0 Å². The Hall–Kier alpha value is -2.62. The second kappa shape index (κ2) is 10.5. The number of carbonyl (C=O) groups is 2. The van der Waals surface area contributed by atoms with Crippen LogP contribution < -0.4 is 9.47 Å². The number of amides is 2. The van der Waals surface area contributed by atoms with Gasteiger partial charge >= 0.3 is 0 Å². The molecule has 0 unspecified atom stereocenters. The number of benzene rings is 2. The van der Waals surface area contributed by atoms with Gasteiger partial charge in [-0.1, -0.05) is 34.1 Å². The van der Waals surface area contributed by atoms with E-state index >= 15 is 0 Å². The summed E-state index contributed by atoms with van der Waals surface area (Å²) in [6, 6.07) is 16.7. The minimum absolute atomic E-state index is 0.225. The maximum absolute atomic E-state index is 12.9. The Morgan fingerprint density at radius 1 is 1.09 bits per heavy atom. The summed E-state index contributed by atoms with van der Waals surface area (Å²) < 4.78 is 13.0. The van der Waals surface area contributed by atoms with Gasteiger partial charge in [0.15, 0.2) is 11.5 Å². The molecule has 0 saturated carbocycles. The summed E-state index contributed by atoms with van der Waals surface area (Å²) >= 11 is 7.83. The van der Waals surface area contributed by atoms with Crippen molar-refractivity contribution < 1.29 is 19.1 Å². The van der Waals surface area contributed by atoms with Crippen LogP contribution in [0.1, 0.15) is 16.8 Å². The van der Waals surface area contributed by atoms with E-state index in [1.807, 2.05) is 48.5 Å². The van der Waals surface area contributed by atoms with Crippen LogP contribution in [0.25, 0.3) is 6.08 Å². The van der Waals surface area contributed by atoms with Crippen molar-refractivity contribution in [3.8, 4) is 11.5 Å². The van der Waals surface area contributed by atoms with Crippen LogP contribution in [-0.2, 0) is 17.9 Å². The number of nitrogens with zero attached hydrogens (tertiary/aromatic N) is 2. The van der Waals surface area contributed by atoms with Gasteiger partial charge in [-0.25, -0.2) is 0 Å².